The molecule has 110 valence electrons. The molecular weight excluding hydrogens is 284 g/mol. The summed E-state index contributed by atoms with van der Waals surface area (Å²) >= 11 is 1.75. The maximum Gasteiger partial charge on any atom is 0.419 e. The van der Waals surface area contributed by atoms with Crippen LogP contribution in [0.1, 0.15) is 29.0 Å². The first-order valence-corrected chi connectivity index (χ1v) is 7.86. The molecular formula is C16H18N2O2S. The molecule has 1 atom stereocenters. The fourth-order valence-corrected chi connectivity index (χ4v) is 3.60. The lowest BCUT2D eigenvalue weighted by molar-refractivity contribution is 0.527. The SMILES string of the molecule is CCNC(c1ccc2c(c1)oc(=O)n2C)c1sccc1C. The summed E-state index contributed by atoms with van der Waals surface area (Å²) in [5.41, 5.74) is 3.85. The van der Waals surface area contributed by atoms with E-state index in [0.29, 0.717) is 5.58 Å². The van der Waals surface area contributed by atoms with Gasteiger partial charge in [-0.1, -0.05) is 13.0 Å². The van der Waals surface area contributed by atoms with Crippen LogP contribution in [0.4, 0.5) is 0 Å². The molecule has 5 heteroatoms. The fraction of sp³-hybridized carbons (Fsp3) is 0.312. The Bertz CT molecular complexity index is 828. The van der Waals surface area contributed by atoms with E-state index in [1.165, 1.54) is 15.0 Å². The van der Waals surface area contributed by atoms with Crippen molar-refractivity contribution in [3.05, 3.63) is 56.2 Å². The molecule has 0 aliphatic rings. The molecule has 1 N–H and O–H groups in total. The van der Waals surface area contributed by atoms with Crippen molar-refractivity contribution in [2.75, 3.05) is 6.54 Å². The van der Waals surface area contributed by atoms with Gasteiger partial charge in [-0.2, -0.15) is 0 Å². The van der Waals surface area contributed by atoms with E-state index in [1.807, 2.05) is 12.1 Å². The van der Waals surface area contributed by atoms with Gasteiger partial charge in [-0.05, 0) is 48.2 Å². The second kappa shape index (κ2) is 5.50. The minimum atomic E-state index is -0.325. The summed E-state index contributed by atoms with van der Waals surface area (Å²) in [7, 11) is 1.72. The quantitative estimate of drug-likeness (QED) is 0.805. The summed E-state index contributed by atoms with van der Waals surface area (Å²) < 4.78 is 6.82. The summed E-state index contributed by atoms with van der Waals surface area (Å²) in [5.74, 6) is -0.325. The molecule has 21 heavy (non-hydrogen) atoms. The molecule has 0 radical (unpaired) electrons. The van der Waals surface area contributed by atoms with Crippen LogP contribution in [-0.2, 0) is 7.05 Å². The standard InChI is InChI=1S/C16H18N2O2S/c1-4-17-14(15-10(2)7-8-21-15)11-5-6-12-13(9-11)20-16(19)18(12)3/h5-9,14,17H,4H2,1-3H3. The molecule has 1 aromatic carbocycles. The van der Waals surface area contributed by atoms with Gasteiger partial charge in [0.15, 0.2) is 5.58 Å². The second-order valence-corrected chi connectivity index (χ2v) is 6.06. The molecule has 0 aliphatic heterocycles. The Kier molecular flexibility index (Phi) is 3.69. The number of nitrogens with zero attached hydrogens (tertiary/aromatic N) is 1. The van der Waals surface area contributed by atoms with E-state index < -0.39 is 0 Å². The summed E-state index contributed by atoms with van der Waals surface area (Å²) in [5, 5.41) is 5.62. The summed E-state index contributed by atoms with van der Waals surface area (Å²) in [6.07, 6.45) is 0. The van der Waals surface area contributed by atoms with Crippen molar-refractivity contribution in [2.24, 2.45) is 7.05 Å². The maximum absolute atomic E-state index is 11.6. The third-order valence-corrected chi connectivity index (χ3v) is 4.81. The Morgan fingerprint density at radius 2 is 2.19 bits per heavy atom. The predicted molar refractivity (Wildman–Crippen MR) is 86.0 cm³/mol. The monoisotopic (exact) mass is 302 g/mol. The number of aromatic nitrogens is 1. The molecule has 0 bridgehead atoms. The van der Waals surface area contributed by atoms with Crippen LogP contribution in [0, 0.1) is 6.92 Å². The van der Waals surface area contributed by atoms with E-state index in [-0.39, 0.29) is 11.8 Å². The largest absolute Gasteiger partial charge is 0.419 e. The summed E-state index contributed by atoms with van der Waals surface area (Å²) in [4.78, 5) is 12.9. The van der Waals surface area contributed by atoms with E-state index >= 15 is 0 Å². The van der Waals surface area contributed by atoms with Crippen LogP contribution in [0.5, 0.6) is 0 Å². The zero-order valence-corrected chi connectivity index (χ0v) is 13.2. The lowest BCUT2D eigenvalue weighted by atomic mass is 10.0. The molecule has 3 aromatic rings. The van der Waals surface area contributed by atoms with E-state index in [9.17, 15) is 4.79 Å². The van der Waals surface area contributed by atoms with E-state index in [0.717, 1.165) is 17.6 Å². The highest BCUT2D eigenvalue weighted by molar-refractivity contribution is 7.10. The van der Waals surface area contributed by atoms with Gasteiger partial charge in [-0.15, -0.1) is 11.3 Å². The number of aryl methyl sites for hydroxylation is 2. The van der Waals surface area contributed by atoms with Gasteiger partial charge in [0.2, 0.25) is 0 Å². The van der Waals surface area contributed by atoms with Gasteiger partial charge >= 0.3 is 5.76 Å². The highest BCUT2D eigenvalue weighted by Gasteiger charge is 2.18. The van der Waals surface area contributed by atoms with Crippen LogP contribution in [0.15, 0.2) is 38.9 Å². The number of thiophene rings is 1. The Hall–Kier alpha value is -1.85. The molecule has 0 saturated heterocycles. The van der Waals surface area contributed by atoms with Crippen LogP contribution >= 0.6 is 11.3 Å². The number of benzene rings is 1. The van der Waals surface area contributed by atoms with Crippen molar-refractivity contribution in [2.45, 2.75) is 19.9 Å². The Labute approximate surface area is 127 Å². The molecule has 3 rings (SSSR count). The highest BCUT2D eigenvalue weighted by Crippen LogP contribution is 2.30. The topological polar surface area (TPSA) is 47.2 Å². The first-order chi connectivity index (χ1) is 10.1. The molecule has 2 aromatic heterocycles. The van der Waals surface area contributed by atoms with E-state index in [2.05, 4.69) is 36.7 Å². The van der Waals surface area contributed by atoms with E-state index in [1.54, 1.807) is 18.4 Å². The van der Waals surface area contributed by atoms with Crippen molar-refractivity contribution >= 4 is 22.4 Å². The average Bonchev–Trinajstić information content (AvgIpc) is 3.01. The van der Waals surface area contributed by atoms with Crippen LogP contribution in [0.25, 0.3) is 11.1 Å². The smallest absolute Gasteiger partial charge is 0.408 e. The van der Waals surface area contributed by atoms with Crippen molar-refractivity contribution in [1.29, 1.82) is 0 Å². The Morgan fingerprint density at radius 1 is 1.38 bits per heavy atom. The van der Waals surface area contributed by atoms with Crippen LogP contribution in [0.2, 0.25) is 0 Å². The summed E-state index contributed by atoms with van der Waals surface area (Å²) in [6.45, 7) is 5.09. The molecule has 0 saturated carbocycles. The number of fused-ring (bicyclic) bond motifs is 1. The Balaban J connectivity index is 2.11. The van der Waals surface area contributed by atoms with Crippen LogP contribution < -0.4 is 11.1 Å². The minimum absolute atomic E-state index is 0.130. The van der Waals surface area contributed by atoms with Gasteiger partial charge in [0.25, 0.3) is 0 Å². The molecule has 1 unspecified atom stereocenters. The van der Waals surface area contributed by atoms with Crippen molar-refractivity contribution in [3.63, 3.8) is 0 Å². The van der Waals surface area contributed by atoms with Gasteiger partial charge in [-0.25, -0.2) is 4.79 Å². The normalized spacial score (nSPS) is 12.9. The van der Waals surface area contributed by atoms with Crippen molar-refractivity contribution in [1.82, 2.24) is 9.88 Å². The number of rotatable bonds is 4. The number of hydrogen-bond acceptors (Lipinski definition) is 4. The van der Waals surface area contributed by atoms with Gasteiger partial charge in [0.05, 0.1) is 11.6 Å². The maximum atomic E-state index is 11.6. The third-order valence-electron chi connectivity index (χ3n) is 3.72. The number of oxazole rings is 1. The zero-order chi connectivity index (χ0) is 15.0. The first kappa shape index (κ1) is 14.1. The molecule has 0 amide bonds. The fourth-order valence-electron chi connectivity index (χ4n) is 2.58. The van der Waals surface area contributed by atoms with Gasteiger partial charge in [0, 0.05) is 11.9 Å². The van der Waals surface area contributed by atoms with Gasteiger partial charge < -0.3 is 9.73 Å². The second-order valence-electron chi connectivity index (χ2n) is 5.11. The lowest BCUT2D eigenvalue weighted by Gasteiger charge is -2.18. The van der Waals surface area contributed by atoms with Crippen LogP contribution in [-0.4, -0.2) is 11.1 Å². The van der Waals surface area contributed by atoms with Crippen molar-refractivity contribution < 1.29 is 4.42 Å². The molecule has 0 aliphatic carbocycles. The lowest BCUT2D eigenvalue weighted by Crippen LogP contribution is -2.21. The third kappa shape index (κ3) is 2.43. The molecule has 0 fully saturated rings. The van der Waals surface area contributed by atoms with Crippen LogP contribution in [0.3, 0.4) is 0 Å². The molecule has 2 heterocycles. The predicted octanol–water partition coefficient (Wildman–Crippen LogP) is 3.20. The Morgan fingerprint density at radius 3 is 2.86 bits per heavy atom. The van der Waals surface area contributed by atoms with Crippen molar-refractivity contribution in [3.8, 4) is 0 Å². The zero-order valence-electron chi connectivity index (χ0n) is 12.3. The highest BCUT2D eigenvalue weighted by atomic mass is 32.1. The number of hydrogen-bond donors (Lipinski definition) is 1. The minimum Gasteiger partial charge on any atom is -0.408 e. The number of nitrogens with one attached hydrogen (secondary N) is 1. The van der Waals surface area contributed by atoms with Gasteiger partial charge in [-0.3, -0.25) is 4.57 Å². The first-order valence-electron chi connectivity index (χ1n) is 6.98. The van der Waals surface area contributed by atoms with E-state index in [4.69, 9.17) is 4.42 Å². The molecule has 4 nitrogen and oxygen atoms in total. The summed E-state index contributed by atoms with van der Waals surface area (Å²) in [6, 6.07) is 8.23. The average molecular weight is 302 g/mol. The molecule has 0 spiro atoms. The van der Waals surface area contributed by atoms with Gasteiger partial charge in [0.1, 0.15) is 0 Å².